The molecule has 1 aromatic carbocycles. The number of sulfone groups is 1. The number of piperazine rings is 1. The summed E-state index contributed by atoms with van der Waals surface area (Å²) in [6, 6.07) is 8.32. The van der Waals surface area contributed by atoms with Gasteiger partial charge in [-0.25, -0.2) is 8.42 Å². The van der Waals surface area contributed by atoms with E-state index in [2.05, 4.69) is 24.0 Å². The second-order valence-electron chi connectivity index (χ2n) is 6.58. The summed E-state index contributed by atoms with van der Waals surface area (Å²) in [5.41, 5.74) is 2.50. The molecule has 0 aromatic heterocycles. The SMILES string of the molecule is Cc1ccccc1N1CCN(C(=O)CN2CCS(=O)(=O)CC2)CC1. The third kappa shape index (κ3) is 4.08. The lowest BCUT2D eigenvalue weighted by atomic mass is 10.1. The number of hydrogen-bond donors (Lipinski definition) is 0. The number of para-hydroxylation sites is 1. The number of carbonyl (C=O) groups excluding carboxylic acids is 1. The second-order valence-corrected chi connectivity index (χ2v) is 8.89. The molecule has 0 radical (unpaired) electrons. The number of amides is 1. The topological polar surface area (TPSA) is 60.9 Å². The normalized spacial score (nSPS) is 21.7. The third-order valence-electron chi connectivity index (χ3n) is 4.88. The highest BCUT2D eigenvalue weighted by Gasteiger charge is 2.26. The first-order valence-corrected chi connectivity index (χ1v) is 10.3. The zero-order chi connectivity index (χ0) is 17.2. The van der Waals surface area contributed by atoms with Crippen LogP contribution in [0.4, 0.5) is 5.69 Å². The van der Waals surface area contributed by atoms with Crippen molar-refractivity contribution in [2.75, 3.05) is 62.2 Å². The highest BCUT2D eigenvalue weighted by molar-refractivity contribution is 7.91. The highest BCUT2D eigenvalue weighted by Crippen LogP contribution is 2.20. The molecule has 0 bridgehead atoms. The molecule has 24 heavy (non-hydrogen) atoms. The van der Waals surface area contributed by atoms with Gasteiger partial charge in [0, 0.05) is 45.0 Å². The van der Waals surface area contributed by atoms with Gasteiger partial charge in [0.25, 0.3) is 0 Å². The molecule has 2 fully saturated rings. The number of anilines is 1. The average molecular weight is 351 g/mol. The molecular weight excluding hydrogens is 326 g/mol. The van der Waals surface area contributed by atoms with Crippen LogP contribution in [-0.2, 0) is 14.6 Å². The van der Waals surface area contributed by atoms with E-state index in [-0.39, 0.29) is 17.4 Å². The zero-order valence-corrected chi connectivity index (χ0v) is 15.0. The zero-order valence-electron chi connectivity index (χ0n) is 14.1. The predicted octanol–water partition coefficient (Wildman–Crippen LogP) is 0.374. The monoisotopic (exact) mass is 351 g/mol. The minimum absolute atomic E-state index is 0.110. The van der Waals surface area contributed by atoms with Crippen molar-refractivity contribution in [1.29, 1.82) is 0 Å². The molecule has 6 nitrogen and oxygen atoms in total. The van der Waals surface area contributed by atoms with E-state index >= 15 is 0 Å². The highest BCUT2D eigenvalue weighted by atomic mass is 32.2. The van der Waals surface area contributed by atoms with E-state index in [1.54, 1.807) is 0 Å². The van der Waals surface area contributed by atoms with Crippen LogP contribution in [-0.4, -0.2) is 81.4 Å². The Balaban J connectivity index is 1.50. The van der Waals surface area contributed by atoms with Crippen LogP contribution >= 0.6 is 0 Å². The van der Waals surface area contributed by atoms with Crippen LogP contribution in [0.15, 0.2) is 24.3 Å². The van der Waals surface area contributed by atoms with Gasteiger partial charge in [0.15, 0.2) is 9.84 Å². The van der Waals surface area contributed by atoms with Crippen LogP contribution in [0.25, 0.3) is 0 Å². The Morgan fingerprint density at radius 2 is 1.62 bits per heavy atom. The molecule has 0 saturated carbocycles. The molecule has 2 heterocycles. The Hall–Kier alpha value is -1.60. The molecular formula is C17H25N3O3S. The maximum atomic E-state index is 12.5. The molecule has 0 atom stereocenters. The van der Waals surface area contributed by atoms with E-state index in [1.165, 1.54) is 11.3 Å². The lowest BCUT2D eigenvalue weighted by Gasteiger charge is -2.38. The first-order valence-electron chi connectivity index (χ1n) is 8.46. The van der Waals surface area contributed by atoms with Crippen molar-refractivity contribution >= 4 is 21.4 Å². The molecule has 0 unspecified atom stereocenters. The maximum Gasteiger partial charge on any atom is 0.236 e. The van der Waals surface area contributed by atoms with Gasteiger partial charge in [-0.05, 0) is 18.6 Å². The van der Waals surface area contributed by atoms with E-state index in [0.717, 1.165) is 26.2 Å². The van der Waals surface area contributed by atoms with E-state index in [9.17, 15) is 13.2 Å². The van der Waals surface area contributed by atoms with E-state index in [4.69, 9.17) is 0 Å². The third-order valence-corrected chi connectivity index (χ3v) is 6.49. The van der Waals surface area contributed by atoms with Gasteiger partial charge < -0.3 is 9.80 Å². The van der Waals surface area contributed by atoms with Crippen LogP contribution in [0.2, 0.25) is 0 Å². The molecule has 2 saturated heterocycles. The molecule has 2 aliphatic heterocycles. The van der Waals surface area contributed by atoms with Crippen molar-refractivity contribution in [3.63, 3.8) is 0 Å². The van der Waals surface area contributed by atoms with Gasteiger partial charge >= 0.3 is 0 Å². The fourth-order valence-corrected chi connectivity index (χ4v) is 4.59. The summed E-state index contributed by atoms with van der Waals surface area (Å²) in [4.78, 5) is 18.6. The quantitative estimate of drug-likeness (QED) is 0.788. The number of benzene rings is 1. The fraction of sp³-hybridized carbons (Fsp3) is 0.588. The second kappa shape index (κ2) is 7.11. The largest absolute Gasteiger partial charge is 0.368 e. The van der Waals surface area contributed by atoms with Gasteiger partial charge in [0.1, 0.15) is 0 Å². The average Bonchev–Trinajstić information content (AvgIpc) is 2.57. The van der Waals surface area contributed by atoms with Crippen LogP contribution in [0.1, 0.15) is 5.56 Å². The van der Waals surface area contributed by atoms with E-state index in [0.29, 0.717) is 19.6 Å². The van der Waals surface area contributed by atoms with Gasteiger partial charge in [0.2, 0.25) is 5.91 Å². The van der Waals surface area contributed by atoms with Crippen LogP contribution in [0.3, 0.4) is 0 Å². The first kappa shape index (κ1) is 17.2. The van der Waals surface area contributed by atoms with Crippen molar-refractivity contribution in [1.82, 2.24) is 9.80 Å². The van der Waals surface area contributed by atoms with Crippen molar-refractivity contribution in [2.45, 2.75) is 6.92 Å². The smallest absolute Gasteiger partial charge is 0.236 e. The van der Waals surface area contributed by atoms with Gasteiger partial charge in [-0.1, -0.05) is 18.2 Å². The lowest BCUT2D eigenvalue weighted by Crippen LogP contribution is -2.52. The van der Waals surface area contributed by atoms with E-state index < -0.39 is 9.84 Å². The Morgan fingerprint density at radius 3 is 2.25 bits per heavy atom. The summed E-state index contributed by atoms with van der Waals surface area (Å²) in [6.45, 7) is 6.50. The molecule has 7 heteroatoms. The number of carbonyl (C=O) groups is 1. The van der Waals surface area contributed by atoms with Gasteiger partial charge in [-0.15, -0.1) is 0 Å². The summed E-state index contributed by atoms with van der Waals surface area (Å²) in [5, 5.41) is 0. The summed E-state index contributed by atoms with van der Waals surface area (Å²) in [7, 11) is -2.89. The fourth-order valence-electron chi connectivity index (χ4n) is 3.31. The molecule has 0 spiro atoms. The molecule has 132 valence electrons. The minimum atomic E-state index is -2.89. The Bertz CT molecular complexity index is 683. The molecule has 0 aliphatic carbocycles. The first-order chi connectivity index (χ1) is 11.4. The van der Waals surface area contributed by atoms with Crippen LogP contribution < -0.4 is 4.90 Å². The number of hydrogen-bond acceptors (Lipinski definition) is 5. The molecule has 3 rings (SSSR count). The standard InChI is InChI=1S/C17H25N3O3S/c1-15-4-2-3-5-16(15)19-6-8-20(9-7-19)17(21)14-18-10-12-24(22,23)13-11-18/h2-5H,6-14H2,1H3. The predicted molar refractivity (Wildman–Crippen MR) is 95.1 cm³/mol. The summed E-state index contributed by atoms with van der Waals surface area (Å²) in [5.74, 6) is 0.446. The number of aryl methyl sites for hydroxylation is 1. The van der Waals surface area contributed by atoms with Gasteiger partial charge in [0.05, 0.1) is 18.1 Å². The van der Waals surface area contributed by atoms with Gasteiger partial charge in [-0.3, -0.25) is 9.69 Å². The summed E-state index contributed by atoms with van der Waals surface area (Å²) in [6.07, 6.45) is 0. The van der Waals surface area contributed by atoms with Crippen LogP contribution in [0, 0.1) is 6.92 Å². The van der Waals surface area contributed by atoms with Crippen molar-refractivity contribution in [3.05, 3.63) is 29.8 Å². The molecule has 1 amide bonds. The Labute approximate surface area is 144 Å². The van der Waals surface area contributed by atoms with Crippen molar-refractivity contribution < 1.29 is 13.2 Å². The van der Waals surface area contributed by atoms with Crippen molar-refractivity contribution in [3.8, 4) is 0 Å². The minimum Gasteiger partial charge on any atom is -0.368 e. The summed E-state index contributed by atoms with van der Waals surface area (Å²) >= 11 is 0. The molecule has 1 aromatic rings. The number of rotatable bonds is 3. The molecule has 0 N–H and O–H groups in total. The summed E-state index contributed by atoms with van der Waals surface area (Å²) < 4.78 is 22.9. The maximum absolute atomic E-state index is 12.5. The van der Waals surface area contributed by atoms with Crippen LogP contribution in [0.5, 0.6) is 0 Å². The number of nitrogens with zero attached hydrogens (tertiary/aromatic N) is 3. The van der Waals surface area contributed by atoms with E-state index in [1.807, 2.05) is 21.9 Å². The Kier molecular flexibility index (Phi) is 5.10. The van der Waals surface area contributed by atoms with Gasteiger partial charge in [-0.2, -0.15) is 0 Å². The lowest BCUT2D eigenvalue weighted by molar-refractivity contribution is -0.132. The Morgan fingerprint density at radius 1 is 1.00 bits per heavy atom. The molecule has 2 aliphatic rings. The van der Waals surface area contributed by atoms with Crippen molar-refractivity contribution in [2.24, 2.45) is 0 Å².